The summed E-state index contributed by atoms with van der Waals surface area (Å²) < 4.78 is 45.0. The Balaban J connectivity index is 1.24. The first-order chi connectivity index (χ1) is 24.9. The van der Waals surface area contributed by atoms with E-state index in [2.05, 4.69) is 0 Å². The molecule has 17 heteroatoms. The van der Waals surface area contributed by atoms with E-state index in [4.69, 9.17) is 37.9 Å². The van der Waals surface area contributed by atoms with Crippen LogP contribution >= 0.6 is 0 Å². The summed E-state index contributed by atoms with van der Waals surface area (Å²) in [6.07, 6.45) is -18.0. The fraction of sp³-hybridized carbons (Fsp3) is 0.571. The largest absolute Gasteiger partial charge is 0.508 e. The fourth-order valence-electron chi connectivity index (χ4n) is 5.89. The molecule has 52 heavy (non-hydrogen) atoms. The molecule has 0 unspecified atom stereocenters. The zero-order valence-corrected chi connectivity index (χ0v) is 28.4. The molecule has 288 valence electrons. The van der Waals surface area contributed by atoms with Crippen LogP contribution < -0.4 is 4.74 Å². The number of carbonyl (C=O) groups is 1. The molecule has 3 saturated heterocycles. The van der Waals surface area contributed by atoms with Crippen LogP contribution in [0.25, 0.3) is 6.08 Å². The second-order valence-corrected chi connectivity index (χ2v) is 12.7. The van der Waals surface area contributed by atoms with Crippen LogP contribution in [-0.4, -0.2) is 160 Å². The molecule has 2 aromatic carbocycles. The summed E-state index contributed by atoms with van der Waals surface area (Å²) >= 11 is 0. The number of aliphatic hydroxyl groups excluding tert-OH is 7. The lowest BCUT2D eigenvalue weighted by atomic mass is 9.98. The zero-order chi connectivity index (χ0) is 37.5. The smallest absolute Gasteiger partial charge is 0.331 e. The van der Waals surface area contributed by atoms with Gasteiger partial charge in [0.15, 0.2) is 25.0 Å². The second kappa shape index (κ2) is 18.2. The van der Waals surface area contributed by atoms with Gasteiger partial charge in [-0.05, 0) is 54.8 Å². The molecule has 0 amide bonds. The van der Waals surface area contributed by atoms with Crippen molar-refractivity contribution in [3.05, 3.63) is 65.7 Å². The molecule has 0 radical (unpaired) electrons. The van der Waals surface area contributed by atoms with Crippen LogP contribution in [0.4, 0.5) is 0 Å². The lowest BCUT2D eigenvalue weighted by Crippen LogP contribution is -2.64. The van der Waals surface area contributed by atoms with E-state index in [1.807, 2.05) is 0 Å². The number of methoxy groups -OCH3 is 1. The van der Waals surface area contributed by atoms with Gasteiger partial charge in [0.25, 0.3) is 0 Å². The van der Waals surface area contributed by atoms with Gasteiger partial charge in [-0.3, -0.25) is 0 Å². The topological polar surface area (TPSA) is 253 Å². The molecular formula is C35H46O17. The van der Waals surface area contributed by atoms with E-state index < -0.39 is 105 Å². The molecule has 8 N–H and O–H groups in total. The first-order valence-corrected chi connectivity index (χ1v) is 16.7. The van der Waals surface area contributed by atoms with Crippen LogP contribution in [0.1, 0.15) is 18.1 Å². The zero-order valence-electron chi connectivity index (χ0n) is 28.4. The third kappa shape index (κ3) is 9.83. The molecule has 0 aliphatic carbocycles. The molecule has 5 rings (SSSR count). The predicted molar refractivity (Wildman–Crippen MR) is 175 cm³/mol. The lowest BCUT2D eigenvalue weighted by Gasteiger charge is -2.46. The van der Waals surface area contributed by atoms with Crippen LogP contribution in [0.3, 0.4) is 0 Å². The number of phenols is 1. The standard InChI is InChI=1S/C35H46O17/c1-17-31(51-24(38)12-7-18-5-10-21(45-2)11-6-18)32(52-34-28(42)25(39)22(37)15-47-34)30(44)35(49-17)48-16-23-26(40)27(41)29(43)33(50-23)46-14-13-19-3-8-20(36)9-4-19/h3-12,17,22-23,25-37,39-44H,13-16H2,1-2H3/t17-,22-,23+,25-,26+,27-,28-,29-,30-,31-,32-,33+,34+,35+/m0/s1. The normalized spacial score (nSPS) is 36.8. The third-order valence-corrected chi connectivity index (χ3v) is 8.98. The van der Waals surface area contributed by atoms with Crippen LogP contribution in [0, 0.1) is 0 Å². The summed E-state index contributed by atoms with van der Waals surface area (Å²) in [6, 6.07) is 13.2. The van der Waals surface area contributed by atoms with Gasteiger partial charge in [-0.2, -0.15) is 0 Å². The van der Waals surface area contributed by atoms with Crippen molar-refractivity contribution in [2.45, 2.75) is 99.4 Å². The van der Waals surface area contributed by atoms with E-state index in [0.29, 0.717) is 17.7 Å². The summed E-state index contributed by atoms with van der Waals surface area (Å²) in [4.78, 5) is 12.9. The SMILES string of the molecule is COc1ccc(C=CC(=O)O[C@@H]2[C@@H](O[C@H]3OC[C@H](O)[C@H](O)[C@@H]3O)[C@H](O)[C@H](OC[C@H]3O[C@@H](OCCc4ccc(O)cc4)[C@@H](O)[C@@H](O)[C@@H]3O)O[C@H]2C)cc1. The third-order valence-electron chi connectivity index (χ3n) is 8.98. The van der Waals surface area contributed by atoms with Crippen molar-refractivity contribution in [2.24, 2.45) is 0 Å². The summed E-state index contributed by atoms with van der Waals surface area (Å²) in [5, 5.41) is 83.2. The Kier molecular flexibility index (Phi) is 14.0. The van der Waals surface area contributed by atoms with E-state index in [0.717, 1.165) is 11.6 Å². The summed E-state index contributed by atoms with van der Waals surface area (Å²) in [5.74, 6) is -0.111. The van der Waals surface area contributed by atoms with Crippen molar-refractivity contribution in [3.63, 3.8) is 0 Å². The van der Waals surface area contributed by atoms with Crippen LogP contribution in [0.2, 0.25) is 0 Å². The Bertz CT molecular complexity index is 1440. The van der Waals surface area contributed by atoms with Gasteiger partial charge in [0.05, 0.1) is 33.0 Å². The minimum Gasteiger partial charge on any atom is -0.508 e. The van der Waals surface area contributed by atoms with Crippen molar-refractivity contribution >= 4 is 12.0 Å². The summed E-state index contributed by atoms with van der Waals surface area (Å²) in [5.41, 5.74) is 1.49. The molecular weight excluding hydrogens is 692 g/mol. The van der Waals surface area contributed by atoms with Crippen molar-refractivity contribution in [1.82, 2.24) is 0 Å². The highest BCUT2D eigenvalue weighted by atomic mass is 16.7. The Morgan fingerprint density at radius 2 is 1.46 bits per heavy atom. The molecule has 3 fully saturated rings. The van der Waals surface area contributed by atoms with Crippen molar-refractivity contribution in [1.29, 1.82) is 0 Å². The van der Waals surface area contributed by atoms with Gasteiger partial charge >= 0.3 is 5.97 Å². The minimum atomic E-state index is -1.75. The highest BCUT2D eigenvalue weighted by molar-refractivity contribution is 5.87. The number of phenolic OH excluding ortho intramolecular Hbond substituents is 1. The summed E-state index contributed by atoms with van der Waals surface area (Å²) in [6.45, 7) is 0.660. The number of hydrogen-bond acceptors (Lipinski definition) is 17. The first-order valence-electron chi connectivity index (χ1n) is 16.7. The molecule has 0 spiro atoms. The highest BCUT2D eigenvalue weighted by Crippen LogP contribution is 2.31. The fourth-order valence-corrected chi connectivity index (χ4v) is 5.89. The van der Waals surface area contributed by atoms with Gasteiger partial charge < -0.3 is 78.7 Å². The monoisotopic (exact) mass is 738 g/mol. The maximum absolute atomic E-state index is 12.9. The first kappa shape index (κ1) is 39.9. The Hall–Kier alpha value is -3.27. The Labute approximate surface area is 299 Å². The van der Waals surface area contributed by atoms with Crippen LogP contribution in [0.15, 0.2) is 54.6 Å². The number of ether oxygens (including phenoxy) is 8. The number of benzene rings is 2. The van der Waals surface area contributed by atoms with E-state index in [9.17, 15) is 45.6 Å². The van der Waals surface area contributed by atoms with E-state index in [1.165, 1.54) is 32.2 Å². The van der Waals surface area contributed by atoms with Gasteiger partial charge in [-0.1, -0.05) is 24.3 Å². The Morgan fingerprint density at radius 1 is 0.788 bits per heavy atom. The van der Waals surface area contributed by atoms with Crippen LogP contribution in [0.5, 0.6) is 11.5 Å². The van der Waals surface area contributed by atoms with E-state index >= 15 is 0 Å². The van der Waals surface area contributed by atoms with Gasteiger partial charge in [0.1, 0.15) is 66.4 Å². The van der Waals surface area contributed by atoms with Gasteiger partial charge in [-0.15, -0.1) is 0 Å². The van der Waals surface area contributed by atoms with Crippen LogP contribution in [-0.2, 0) is 44.4 Å². The molecule has 0 aromatic heterocycles. The lowest BCUT2D eigenvalue weighted by molar-refractivity contribution is -0.354. The average Bonchev–Trinajstić information content (AvgIpc) is 3.14. The van der Waals surface area contributed by atoms with Gasteiger partial charge in [-0.25, -0.2) is 4.79 Å². The number of rotatable bonds is 13. The number of carbonyl (C=O) groups excluding carboxylic acids is 1. The number of aliphatic hydroxyl groups is 7. The second-order valence-electron chi connectivity index (χ2n) is 12.7. The maximum atomic E-state index is 12.9. The molecule has 3 aliphatic heterocycles. The molecule has 14 atom stereocenters. The average molecular weight is 739 g/mol. The van der Waals surface area contributed by atoms with E-state index in [-0.39, 0.29) is 12.4 Å². The number of aromatic hydroxyl groups is 1. The molecule has 2 aromatic rings. The highest BCUT2D eigenvalue weighted by Gasteiger charge is 2.51. The van der Waals surface area contributed by atoms with Crippen molar-refractivity contribution in [2.75, 3.05) is 26.9 Å². The van der Waals surface area contributed by atoms with Crippen molar-refractivity contribution in [3.8, 4) is 11.5 Å². The molecule has 17 nitrogen and oxygen atoms in total. The van der Waals surface area contributed by atoms with E-state index in [1.54, 1.807) is 36.4 Å². The van der Waals surface area contributed by atoms with Gasteiger partial charge in [0.2, 0.25) is 0 Å². The molecule has 0 saturated carbocycles. The number of esters is 1. The Morgan fingerprint density at radius 3 is 2.15 bits per heavy atom. The number of hydrogen-bond donors (Lipinski definition) is 8. The van der Waals surface area contributed by atoms with Crippen molar-refractivity contribution < 1.29 is 83.5 Å². The summed E-state index contributed by atoms with van der Waals surface area (Å²) in [7, 11) is 1.52. The predicted octanol–water partition coefficient (Wildman–Crippen LogP) is -1.66. The van der Waals surface area contributed by atoms with Gasteiger partial charge in [0, 0.05) is 6.08 Å². The quantitative estimate of drug-likeness (QED) is 0.0846. The molecule has 3 heterocycles. The molecule has 3 aliphatic rings. The molecule has 0 bridgehead atoms. The minimum absolute atomic E-state index is 0.0556. The maximum Gasteiger partial charge on any atom is 0.331 e.